The summed E-state index contributed by atoms with van der Waals surface area (Å²) in [4.78, 5) is 0. The number of aromatic nitrogens is 1. The van der Waals surface area contributed by atoms with Crippen molar-refractivity contribution in [3.8, 4) is 0 Å². The Kier molecular flexibility index (Phi) is 3.11. The summed E-state index contributed by atoms with van der Waals surface area (Å²) in [6.07, 6.45) is 7.69. The molecular formula is C10H15BrN2O. The molecule has 0 unspecified atom stereocenters. The second-order valence-electron chi connectivity index (χ2n) is 3.99. The van der Waals surface area contributed by atoms with E-state index in [4.69, 9.17) is 10.3 Å². The first-order valence-electron chi connectivity index (χ1n) is 5.17. The van der Waals surface area contributed by atoms with E-state index in [1.54, 1.807) is 0 Å². The van der Waals surface area contributed by atoms with Crippen molar-refractivity contribution in [3.63, 3.8) is 0 Å². The van der Waals surface area contributed by atoms with Crippen LogP contribution in [-0.4, -0.2) is 5.16 Å². The second kappa shape index (κ2) is 4.34. The summed E-state index contributed by atoms with van der Waals surface area (Å²) < 4.78 is 5.98. The summed E-state index contributed by atoms with van der Waals surface area (Å²) in [7, 11) is 0. The van der Waals surface area contributed by atoms with Crippen LogP contribution in [0.3, 0.4) is 0 Å². The largest absolute Gasteiger partial charge is 0.380 e. The van der Waals surface area contributed by atoms with Crippen molar-refractivity contribution in [2.45, 2.75) is 38.5 Å². The van der Waals surface area contributed by atoms with Crippen molar-refractivity contribution in [1.82, 2.24) is 5.16 Å². The Morgan fingerprint density at radius 1 is 1.43 bits per heavy atom. The van der Waals surface area contributed by atoms with Gasteiger partial charge in [0.25, 0.3) is 0 Å². The van der Waals surface area contributed by atoms with E-state index in [9.17, 15) is 0 Å². The molecule has 1 heterocycles. The fraction of sp³-hybridized carbons (Fsp3) is 0.700. The van der Waals surface area contributed by atoms with Gasteiger partial charge in [-0.05, 0) is 28.3 Å². The van der Waals surface area contributed by atoms with Gasteiger partial charge in [-0.1, -0.05) is 30.8 Å². The lowest BCUT2D eigenvalue weighted by Gasteiger charge is -2.05. The maximum absolute atomic E-state index is 5.57. The third-order valence-electron chi connectivity index (χ3n) is 2.98. The number of anilines is 1. The Balaban J connectivity index is 1.88. The van der Waals surface area contributed by atoms with Crippen LogP contribution >= 0.6 is 15.9 Å². The molecule has 1 aromatic heterocycles. The molecule has 1 saturated carbocycles. The number of aryl methyl sites for hydroxylation is 1. The highest BCUT2D eigenvalue weighted by molar-refractivity contribution is 9.10. The highest BCUT2D eigenvalue weighted by Crippen LogP contribution is 2.31. The second-order valence-corrected chi connectivity index (χ2v) is 4.79. The van der Waals surface area contributed by atoms with Crippen LogP contribution in [-0.2, 0) is 6.42 Å². The smallest absolute Gasteiger partial charge is 0.181 e. The molecule has 0 saturated heterocycles. The number of nitrogen functional groups attached to an aromatic ring is 1. The summed E-state index contributed by atoms with van der Waals surface area (Å²) in [6, 6.07) is 0. The molecule has 0 radical (unpaired) electrons. The number of hydrogen-bond donors (Lipinski definition) is 1. The van der Waals surface area contributed by atoms with Gasteiger partial charge in [-0.3, -0.25) is 0 Å². The zero-order valence-electron chi connectivity index (χ0n) is 8.13. The van der Waals surface area contributed by atoms with Crippen LogP contribution in [0.5, 0.6) is 0 Å². The van der Waals surface area contributed by atoms with Crippen LogP contribution in [0.4, 0.5) is 5.82 Å². The van der Waals surface area contributed by atoms with Gasteiger partial charge in [-0.15, -0.1) is 0 Å². The zero-order chi connectivity index (χ0) is 9.97. The van der Waals surface area contributed by atoms with E-state index in [1.165, 1.54) is 32.1 Å². The minimum absolute atomic E-state index is 0.464. The quantitative estimate of drug-likeness (QED) is 0.907. The molecule has 14 heavy (non-hydrogen) atoms. The molecule has 0 aliphatic heterocycles. The highest BCUT2D eigenvalue weighted by Gasteiger charge is 2.17. The molecule has 2 rings (SSSR count). The number of nitrogens with zero attached hydrogens (tertiary/aromatic N) is 1. The first-order chi connectivity index (χ1) is 6.77. The number of nitrogens with two attached hydrogens (primary N) is 1. The zero-order valence-corrected chi connectivity index (χ0v) is 9.72. The monoisotopic (exact) mass is 258 g/mol. The summed E-state index contributed by atoms with van der Waals surface area (Å²) in [5, 5.41) is 3.72. The summed E-state index contributed by atoms with van der Waals surface area (Å²) in [6.45, 7) is 0. The molecule has 4 heteroatoms. The van der Waals surface area contributed by atoms with E-state index in [0.717, 1.165) is 22.6 Å². The lowest BCUT2D eigenvalue weighted by molar-refractivity contribution is 0.368. The van der Waals surface area contributed by atoms with Crippen LogP contribution in [0.2, 0.25) is 0 Å². The van der Waals surface area contributed by atoms with E-state index in [-0.39, 0.29) is 0 Å². The minimum atomic E-state index is 0.464. The molecule has 0 bridgehead atoms. The first-order valence-corrected chi connectivity index (χ1v) is 5.96. The van der Waals surface area contributed by atoms with Crippen molar-refractivity contribution in [3.05, 3.63) is 10.2 Å². The van der Waals surface area contributed by atoms with E-state index in [0.29, 0.717) is 5.82 Å². The average Bonchev–Trinajstić information content (AvgIpc) is 2.77. The van der Waals surface area contributed by atoms with Crippen molar-refractivity contribution >= 4 is 21.7 Å². The molecule has 0 atom stereocenters. The fourth-order valence-corrected chi connectivity index (χ4v) is 2.46. The van der Waals surface area contributed by atoms with E-state index in [2.05, 4.69) is 21.1 Å². The van der Waals surface area contributed by atoms with E-state index < -0.39 is 0 Å². The minimum Gasteiger partial charge on any atom is -0.380 e. The van der Waals surface area contributed by atoms with Gasteiger partial charge >= 0.3 is 0 Å². The standard InChI is InChI=1S/C10H15BrN2O/c11-9-8(14-13-10(9)12)6-5-7-3-1-2-4-7/h7H,1-6H2,(H2,12,13). The maximum Gasteiger partial charge on any atom is 0.181 e. The van der Waals surface area contributed by atoms with E-state index >= 15 is 0 Å². The van der Waals surface area contributed by atoms with Gasteiger partial charge in [0.05, 0.1) is 0 Å². The van der Waals surface area contributed by atoms with Gasteiger partial charge in [-0.25, -0.2) is 0 Å². The SMILES string of the molecule is Nc1noc(CCC2CCCC2)c1Br. The molecule has 3 nitrogen and oxygen atoms in total. The highest BCUT2D eigenvalue weighted by atomic mass is 79.9. The third kappa shape index (κ3) is 2.11. The van der Waals surface area contributed by atoms with Crippen molar-refractivity contribution in [1.29, 1.82) is 0 Å². The van der Waals surface area contributed by atoms with Gasteiger partial charge in [0.1, 0.15) is 4.47 Å². The topological polar surface area (TPSA) is 52.0 Å². The van der Waals surface area contributed by atoms with Crippen LogP contribution < -0.4 is 5.73 Å². The molecule has 78 valence electrons. The van der Waals surface area contributed by atoms with E-state index in [1.807, 2.05) is 0 Å². The Morgan fingerprint density at radius 3 is 2.71 bits per heavy atom. The number of hydrogen-bond acceptors (Lipinski definition) is 3. The molecule has 1 aromatic rings. The molecule has 0 amide bonds. The summed E-state index contributed by atoms with van der Waals surface area (Å²) in [5.74, 6) is 2.24. The van der Waals surface area contributed by atoms with Crippen molar-refractivity contribution < 1.29 is 4.52 Å². The van der Waals surface area contributed by atoms with Gasteiger partial charge < -0.3 is 10.3 Å². The summed E-state index contributed by atoms with van der Waals surface area (Å²) >= 11 is 3.38. The fourth-order valence-electron chi connectivity index (χ4n) is 2.12. The van der Waals surface area contributed by atoms with Gasteiger partial charge in [0.15, 0.2) is 11.6 Å². The Bertz CT molecular complexity index is 305. The van der Waals surface area contributed by atoms with Crippen LogP contribution in [0.25, 0.3) is 0 Å². The lowest BCUT2D eigenvalue weighted by Crippen LogP contribution is -1.96. The summed E-state index contributed by atoms with van der Waals surface area (Å²) in [5.41, 5.74) is 5.57. The lowest BCUT2D eigenvalue weighted by atomic mass is 10.0. The van der Waals surface area contributed by atoms with Crippen LogP contribution in [0, 0.1) is 5.92 Å². The first kappa shape index (κ1) is 10.0. The molecule has 0 spiro atoms. The predicted octanol–water partition coefficient (Wildman–Crippen LogP) is 3.14. The van der Waals surface area contributed by atoms with Gasteiger partial charge in [0.2, 0.25) is 0 Å². The molecule has 1 fully saturated rings. The molecule has 1 aliphatic rings. The average molecular weight is 259 g/mol. The molecular weight excluding hydrogens is 244 g/mol. The predicted molar refractivity (Wildman–Crippen MR) is 58.9 cm³/mol. The molecule has 0 aromatic carbocycles. The molecule has 2 N–H and O–H groups in total. The van der Waals surface area contributed by atoms with Gasteiger partial charge in [-0.2, -0.15) is 0 Å². The number of halogens is 1. The maximum atomic E-state index is 5.57. The van der Waals surface area contributed by atoms with Gasteiger partial charge in [0, 0.05) is 6.42 Å². The van der Waals surface area contributed by atoms with Crippen molar-refractivity contribution in [2.24, 2.45) is 5.92 Å². The van der Waals surface area contributed by atoms with Crippen LogP contribution in [0.1, 0.15) is 37.9 Å². The Morgan fingerprint density at radius 2 is 2.14 bits per heavy atom. The normalized spacial score (nSPS) is 17.8. The molecule has 1 aliphatic carbocycles. The van der Waals surface area contributed by atoms with Crippen LogP contribution in [0.15, 0.2) is 9.00 Å². The number of rotatable bonds is 3. The third-order valence-corrected chi connectivity index (χ3v) is 3.83. The Hall–Kier alpha value is -0.510. The Labute approximate surface area is 92.2 Å². The van der Waals surface area contributed by atoms with Crippen molar-refractivity contribution in [2.75, 3.05) is 5.73 Å².